The van der Waals surface area contributed by atoms with Crippen molar-refractivity contribution >= 4 is 11.8 Å². The predicted octanol–water partition coefficient (Wildman–Crippen LogP) is 0.930. The van der Waals surface area contributed by atoms with E-state index in [-0.39, 0.29) is 23.6 Å². The van der Waals surface area contributed by atoms with Gasteiger partial charge in [-0.25, -0.2) is 0 Å². The van der Waals surface area contributed by atoms with E-state index in [4.69, 9.17) is 14.2 Å². The molecule has 2 rings (SSSR count). The molecule has 3 atom stereocenters. The van der Waals surface area contributed by atoms with Crippen molar-refractivity contribution < 1.29 is 23.8 Å². The van der Waals surface area contributed by atoms with Crippen molar-refractivity contribution in [2.45, 2.75) is 19.1 Å². The lowest BCUT2D eigenvalue weighted by atomic mass is 9.51. The molecule has 0 aromatic heterocycles. The van der Waals surface area contributed by atoms with E-state index in [9.17, 15) is 9.59 Å². The summed E-state index contributed by atoms with van der Waals surface area (Å²) in [5, 5.41) is 0. The van der Waals surface area contributed by atoms with E-state index in [0.717, 1.165) is 0 Å². The third-order valence-electron chi connectivity index (χ3n) is 4.26. The number of fused-ring (bicyclic) bond motifs is 1. The zero-order valence-electron chi connectivity index (χ0n) is 11.1. The van der Waals surface area contributed by atoms with Crippen LogP contribution in [-0.4, -0.2) is 38.9 Å². The van der Waals surface area contributed by atoms with Crippen molar-refractivity contribution in [2.24, 2.45) is 17.3 Å². The quantitative estimate of drug-likeness (QED) is 0.426. The Bertz CT molecular complexity index is 410. The smallest absolute Gasteiger partial charge is 0.312 e. The second-order valence-corrected chi connectivity index (χ2v) is 4.96. The van der Waals surface area contributed by atoms with Gasteiger partial charge in [-0.3, -0.25) is 9.59 Å². The summed E-state index contributed by atoms with van der Waals surface area (Å²) < 4.78 is 15.3. The number of Topliss-reactive ketones (excluding diaryl/α,β-unsaturated/α-hetero) is 1. The maximum Gasteiger partial charge on any atom is 0.312 e. The molecule has 0 unspecified atom stereocenters. The number of methoxy groups -OCH3 is 3. The van der Waals surface area contributed by atoms with Gasteiger partial charge in [-0.2, -0.15) is 0 Å². The SMILES string of the molecule is COC(=O)[C@H]1C=C[C@]2(C)C(=O)C(OC)(OC)[C@@H]2C1. The van der Waals surface area contributed by atoms with Crippen molar-refractivity contribution in [2.75, 3.05) is 21.3 Å². The van der Waals surface area contributed by atoms with Gasteiger partial charge in [0.1, 0.15) is 0 Å². The molecule has 0 saturated heterocycles. The van der Waals surface area contributed by atoms with Crippen LogP contribution >= 0.6 is 0 Å². The van der Waals surface area contributed by atoms with E-state index in [1.54, 1.807) is 12.2 Å². The summed E-state index contributed by atoms with van der Waals surface area (Å²) >= 11 is 0. The number of ether oxygens (including phenoxy) is 3. The van der Waals surface area contributed by atoms with Crippen LogP contribution in [-0.2, 0) is 23.8 Å². The number of carbonyl (C=O) groups excluding carboxylic acids is 2. The zero-order valence-corrected chi connectivity index (χ0v) is 11.1. The van der Waals surface area contributed by atoms with E-state index in [1.165, 1.54) is 21.3 Å². The molecular weight excluding hydrogens is 236 g/mol. The van der Waals surface area contributed by atoms with Gasteiger partial charge in [0.05, 0.1) is 18.4 Å². The lowest BCUT2D eigenvalue weighted by Crippen LogP contribution is -2.71. The predicted molar refractivity (Wildman–Crippen MR) is 62.6 cm³/mol. The van der Waals surface area contributed by atoms with Crippen LogP contribution in [0.5, 0.6) is 0 Å². The molecule has 2 aliphatic carbocycles. The first-order chi connectivity index (χ1) is 8.46. The van der Waals surface area contributed by atoms with Crippen molar-refractivity contribution in [3.8, 4) is 0 Å². The summed E-state index contributed by atoms with van der Waals surface area (Å²) in [5.74, 6) is -2.11. The molecule has 5 nitrogen and oxygen atoms in total. The van der Waals surface area contributed by atoms with Crippen LogP contribution in [0.15, 0.2) is 12.2 Å². The molecule has 0 aliphatic heterocycles. The third-order valence-corrected chi connectivity index (χ3v) is 4.26. The number of hydrogen-bond donors (Lipinski definition) is 0. The molecule has 0 radical (unpaired) electrons. The molecule has 100 valence electrons. The lowest BCUT2D eigenvalue weighted by Gasteiger charge is -2.58. The molecule has 2 aliphatic rings. The van der Waals surface area contributed by atoms with Crippen LogP contribution in [0.1, 0.15) is 13.3 Å². The molecule has 0 aromatic rings. The molecule has 0 spiro atoms. The molecule has 0 aromatic carbocycles. The first-order valence-electron chi connectivity index (χ1n) is 5.88. The van der Waals surface area contributed by atoms with Crippen LogP contribution in [0.3, 0.4) is 0 Å². The summed E-state index contributed by atoms with van der Waals surface area (Å²) in [6.45, 7) is 1.85. The van der Waals surface area contributed by atoms with Crippen LogP contribution in [0, 0.1) is 17.3 Å². The topological polar surface area (TPSA) is 61.8 Å². The Kier molecular flexibility index (Phi) is 3.07. The number of ketones is 1. The highest BCUT2D eigenvalue weighted by atomic mass is 16.7. The highest BCUT2D eigenvalue weighted by Crippen LogP contribution is 2.58. The van der Waals surface area contributed by atoms with Crippen LogP contribution < -0.4 is 0 Å². The minimum atomic E-state index is -1.22. The fourth-order valence-electron chi connectivity index (χ4n) is 3.13. The molecule has 5 heteroatoms. The van der Waals surface area contributed by atoms with Gasteiger partial charge >= 0.3 is 5.97 Å². The van der Waals surface area contributed by atoms with Crippen molar-refractivity contribution in [1.29, 1.82) is 0 Å². The zero-order chi connectivity index (χ0) is 13.6. The summed E-state index contributed by atoms with van der Waals surface area (Å²) in [6, 6.07) is 0. The summed E-state index contributed by atoms with van der Waals surface area (Å²) in [4.78, 5) is 23.8. The molecule has 18 heavy (non-hydrogen) atoms. The minimum Gasteiger partial charge on any atom is -0.469 e. The average Bonchev–Trinajstić information content (AvgIpc) is 2.41. The Hall–Kier alpha value is -1.20. The standard InChI is InChI=1S/C13H18O5/c1-12-6-5-8(10(14)16-2)7-9(12)13(17-3,18-4)11(12)15/h5-6,8-9H,7H2,1-4H3/t8-,9+,12-/m0/s1. The second-order valence-electron chi connectivity index (χ2n) is 4.96. The summed E-state index contributed by atoms with van der Waals surface area (Å²) in [7, 11) is 4.26. The normalized spacial score (nSPS) is 36.8. The summed E-state index contributed by atoms with van der Waals surface area (Å²) in [5.41, 5.74) is -0.601. The Morgan fingerprint density at radius 1 is 1.33 bits per heavy atom. The largest absolute Gasteiger partial charge is 0.469 e. The number of carbonyl (C=O) groups is 2. The van der Waals surface area contributed by atoms with Gasteiger partial charge in [0.2, 0.25) is 11.6 Å². The van der Waals surface area contributed by atoms with E-state index in [1.807, 2.05) is 6.92 Å². The van der Waals surface area contributed by atoms with Crippen molar-refractivity contribution in [3.05, 3.63) is 12.2 Å². The van der Waals surface area contributed by atoms with Crippen molar-refractivity contribution in [1.82, 2.24) is 0 Å². The van der Waals surface area contributed by atoms with Gasteiger partial charge in [-0.15, -0.1) is 0 Å². The van der Waals surface area contributed by atoms with Crippen LogP contribution in [0.2, 0.25) is 0 Å². The van der Waals surface area contributed by atoms with Gasteiger partial charge in [0.25, 0.3) is 0 Å². The van der Waals surface area contributed by atoms with E-state index in [2.05, 4.69) is 0 Å². The Morgan fingerprint density at radius 2 is 1.94 bits per heavy atom. The van der Waals surface area contributed by atoms with Crippen LogP contribution in [0.4, 0.5) is 0 Å². The molecular formula is C13H18O5. The fraction of sp³-hybridized carbons (Fsp3) is 0.692. The molecule has 0 N–H and O–H groups in total. The molecule has 0 amide bonds. The number of allylic oxidation sites excluding steroid dienone is 1. The monoisotopic (exact) mass is 254 g/mol. The van der Waals surface area contributed by atoms with Gasteiger partial charge in [-0.1, -0.05) is 12.2 Å². The first-order valence-corrected chi connectivity index (χ1v) is 5.88. The minimum absolute atomic E-state index is 0.0930. The number of rotatable bonds is 3. The Balaban J connectivity index is 2.31. The third kappa shape index (κ3) is 1.40. The van der Waals surface area contributed by atoms with Gasteiger partial charge in [0, 0.05) is 20.1 Å². The maximum atomic E-state index is 12.2. The van der Waals surface area contributed by atoms with Gasteiger partial charge < -0.3 is 14.2 Å². The second kappa shape index (κ2) is 4.17. The number of esters is 1. The summed E-state index contributed by atoms with van der Waals surface area (Å²) in [6.07, 6.45) is 4.02. The highest BCUT2D eigenvalue weighted by Gasteiger charge is 2.71. The number of hydrogen-bond acceptors (Lipinski definition) is 5. The molecule has 1 fully saturated rings. The van der Waals surface area contributed by atoms with Gasteiger partial charge in [-0.05, 0) is 13.3 Å². The Morgan fingerprint density at radius 3 is 2.44 bits per heavy atom. The Labute approximate surface area is 106 Å². The van der Waals surface area contributed by atoms with Crippen LogP contribution in [0.25, 0.3) is 0 Å². The molecule has 0 heterocycles. The maximum absolute atomic E-state index is 12.2. The molecule has 1 saturated carbocycles. The highest BCUT2D eigenvalue weighted by molar-refractivity contribution is 6.00. The fourth-order valence-corrected chi connectivity index (χ4v) is 3.13. The van der Waals surface area contributed by atoms with E-state index >= 15 is 0 Å². The van der Waals surface area contributed by atoms with E-state index in [0.29, 0.717) is 6.42 Å². The lowest BCUT2D eigenvalue weighted by molar-refractivity contribution is -0.287. The van der Waals surface area contributed by atoms with E-state index < -0.39 is 11.2 Å². The first kappa shape index (κ1) is 13.2. The molecule has 0 bridgehead atoms. The van der Waals surface area contributed by atoms with Gasteiger partial charge in [0.15, 0.2) is 0 Å². The van der Waals surface area contributed by atoms with Crippen molar-refractivity contribution in [3.63, 3.8) is 0 Å². The average molecular weight is 254 g/mol.